The highest BCUT2D eigenvalue weighted by atomic mass is 16.1. The topological polar surface area (TPSA) is 32.3 Å². The zero-order chi connectivity index (χ0) is 18.4. The summed E-state index contributed by atoms with van der Waals surface area (Å²) in [4.78, 5) is 14.6. The molecule has 132 valence electrons. The highest BCUT2D eigenvalue weighted by Gasteiger charge is 2.07. The molecule has 0 atom stereocenters. The van der Waals surface area contributed by atoms with E-state index in [0.29, 0.717) is 5.56 Å². The molecule has 0 unspecified atom stereocenters. The molecule has 1 N–H and O–H groups in total. The zero-order valence-corrected chi connectivity index (χ0v) is 15.3. The van der Waals surface area contributed by atoms with Crippen molar-refractivity contribution in [3.8, 4) is 11.1 Å². The van der Waals surface area contributed by atoms with E-state index in [1.165, 1.54) is 5.56 Å². The summed E-state index contributed by atoms with van der Waals surface area (Å²) in [5.74, 6) is -0.0920. The van der Waals surface area contributed by atoms with Crippen LogP contribution in [0.5, 0.6) is 0 Å². The van der Waals surface area contributed by atoms with Crippen LogP contribution < -0.4 is 5.32 Å². The number of nitrogens with one attached hydrogen (secondary N) is 1. The maximum absolute atomic E-state index is 12.4. The third-order valence-corrected chi connectivity index (χ3v) is 4.31. The summed E-state index contributed by atoms with van der Waals surface area (Å²) in [5.41, 5.74) is 4.99. The maximum atomic E-state index is 12.4. The average Bonchev–Trinajstić information content (AvgIpc) is 2.68. The summed E-state index contributed by atoms with van der Waals surface area (Å²) in [6.45, 7) is 1.01. The van der Waals surface area contributed by atoms with E-state index in [1.54, 1.807) is 0 Å². The van der Waals surface area contributed by atoms with Gasteiger partial charge in [0.2, 0.25) is 0 Å². The Morgan fingerprint density at radius 2 is 1.42 bits per heavy atom. The number of hydrogen-bond donors (Lipinski definition) is 1. The number of nitrogens with zero attached hydrogens (tertiary/aromatic N) is 1. The molecule has 0 spiro atoms. The van der Waals surface area contributed by atoms with E-state index < -0.39 is 0 Å². The van der Waals surface area contributed by atoms with Crippen molar-refractivity contribution in [3.63, 3.8) is 0 Å². The van der Waals surface area contributed by atoms with Crippen molar-refractivity contribution in [3.05, 3.63) is 90.0 Å². The summed E-state index contributed by atoms with van der Waals surface area (Å²) < 4.78 is 0. The molecule has 0 aliphatic heterocycles. The largest absolute Gasteiger partial charge is 0.322 e. The molecule has 3 aromatic rings. The molecule has 0 aliphatic rings. The lowest BCUT2D eigenvalue weighted by atomic mass is 10.0. The van der Waals surface area contributed by atoms with Crippen molar-refractivity contribution in [2.45, 2.75) is 6.42 Å². The molecule has 0 saturated carbocycles. The van der Waals surface area contributed by atoms with Crippen LogP contribution in [0.4, 0.5) is 5.69 Å². The molecular formula is C23H24N2O. The normalized spacial score (nSPS) is 10.7. The van der Waals surface area contributed by atoms with Gasteiger partial charge in [0, 0.05) is 17.8 Å². The number of likely N-dealkylation sites (N-methyl/N-ethyl adjacent to an activating group) is 1. The van der Waals surface area contributed by atoms with Gasteiger partial charge in [-0.05, 0) is 61.5 Å². The van der Waals surface area contributed by atoms with E-state index in [2.05, 4.69) is 48.6 Å². The van der Waals surface area contributed by atoms with Gasteiger partial charge in [-0.3, -0.25) is 4.79 Å². The summed E-state index contributed by atoms with van der Waals surface area (Å²) in [5, 5.41) is 2.96. The minimum atomic E-state index is -0.0920. The van der Waals surface area contributed by atoms with Crippen LogP contribution in [0, 0.1) is 0 Å². The van der Waals surface area contributed by atoms with Gasteiger partial charge in [0.15, 0.2) is 0 Å². The van der Waals surface area contributed by atoms with Crippen molar-refractivity contribution in [2.75, 3.05) is 26.0 Å². The van der Waals surface area contributed by atoms with Crippen LogP contribution in [0.2, 0.25) is 0 Å². The summed E-state index contributed by atoms with van der Waals surface area (Å²) in [6, 6.07) is 25.9. The van der Waals surface area contributed by atoms with Gasteiger partial charge in [0.25, 0.3) is 5.91 Å². The number of carbonyl (C=O) groups excluding carboxylic acids is 1. The molecule has 0 bridgehead atoms. The number of carbonyl (C=O) groups is 1. The SMILES string of the molecule is CN(C)CCc1ccc(NC(=O)c2ccc(-c3ccccc3)cc2)cc1. The quantitative estimate of drug-likeness (QED) is 0.702. The highest BCUT2D eigenvalue weighted by Crippen LogP contribution is 2.20. The van der Waals surface area contributed by atoms with Crippen molar-refractivity contribution in [1.82, 2.24) is 4.90 Å². The van der Waals surface area contributed by atoms with E-state index >= 15 is 0 Å². The first-order chi connectivity index (χ1) is 12.6. The molecule has 0 radical (unpaired) electrons. The highest BCUT2D eigenvalue weighted by molar-refractivity contribution is 6.04. The molecule has 0 saturated heterocycles. The first-order valence-electron chi connectivity index (χ1n) is 8.82. The van der Waals surface area contributed by atoms with E-state index in [-0.39, 0.29) is 5.91 Å². The molecule has 0 heterocycles. The average molecular weight is 344 g/mol. The lowest BCUT2D eigenvalue weighted by Crippen LogP contribution is -2.15. The second-order valence-electron chi connectivity index (χ2n) is 6.65. The second kappa shape index (κ2) is 8.45. The predicted molar refractivity (Wildman–Crippen MR) is 109 cm³/mol. The molecule has 0 fully saturated rings. The predicted octanol–water partition coefficient (Wildman–Crippen LogP) is 4.71. The van der Waals surface area contributed by atoms with E-state index in [9.17, 15) is 4.79 Å². The molecule has 3 aromatic carbocycles. The fraction of sp³-hybridized carbons (Fsp3) is 0.174. The number of amides is 1. The van der Waals surface area contributed by atoms with E-state index in [4.69, 9.17) is 0 Å². The van der Waals surface area contributed by atoms with Gasteiger partial charge in [0.05, 0.1) is 0 Å². The summed E-state index contributed by atoms with van der Waals surface area (Å²) >= 11 is 0. The van der Waals surface area contributed by atoms with Crippen LogP contribution in [0.15, 0.2) is 78.9 Å². The number of anilines is 1. The van der Waals surface area contributed by atoms with Crippen molar-refractivity contribution >= 4 is 11.6 Å². The lowest BCUT2D eigenvalue weighted by Gasteiger charge is -2.10. The maximum Gasteiger partial charge on any atom is 0.255 e. The van der Waals surface area contributed by atoms with Crippen LogP contribution in [-0.4, -0.2) is 31.4 Å². The summed E-state index contributed by atoms with van der Waals surface area (Å²) in [6.07, 6.45) is 1.00. The van der Waals surface area contributed by atoms with E-state index in [0.717, 1.165) is 29.8 Å². The fourth-order valence-corrected chi connectivity index (χ4v) is 2.76. The standard InChI is InChI=1S/C23H24N2O/c1-25(2)17-16-18-8-14-22(15-9-18)24-23(26)21-12-10-20(11-13-21)19-6-4-3-5-7-19/h3-15H,16-17H2,1-2H3,(H,24,26). The Labute approximate surface area is 155 Å². The first-order valence-corrected chi connectivity index (χ1v) is 8.82. The third-order valence-electron chi connectivity index (χ3n) is 4.31. The number of hydrogen-bond acceptors (Lipinski definition) is 2. The Balaban J connectivity index is 1.63. The van der Waals surface area contributed by atoms with Crippen molar-refractivity contribution < 1.29 is 4.79 Å². The Morgan fingerprint density at radius 1 is 0.808 bits per heavy atom. The smallest absolute Gasteiger partial charge is 0.255 e. The molecular weight excluding hydrogens is 320 g/mol. The Bertz CT molecular complexity index is 838. The first kappa shape index (κ1) is 17.9. The van der Waals surface area contributed by atoms with Gasteiger partial charge in [-0.1, -0.05) is 54.6 Å². The molecule has 3 rings (SSSR count). The Hall–Kier alpha value is -2.91. The third kappa shape index (κ3) is 4.80. The van der Waals surface area contributed by atoms with Crippen LogP contribution in [0.1, 0.15) is 15.9 Å². The summed E-state index contributed by atoms with van der Waals surface area (Å²) in [7, 11) is 4.13. The zero-order valence-electron chi connectivity index (χ0n) is 15.3. The molecule has 0 aromatic heterocycles. The van der Waals surface area contributed by atoms with Crippen LogP contribution in [0.3, 0.4) is 0 Å². The van der Waals surface area contributed by atoms with Crippen LogP contribution in [-0.2, 0) is 6.42 Å². The van der Waals surface area contributed by atoms with Crippen molar-refractivity contribution in [2.24, 2.45) is 0 Å². The Kier molecular flexibility index (Phi) is 5.82. The van der Waals surface area contributed by atoms with Crippen molar-refractivity contribution in [1.29, 1.82) is 0 Å². The minimum Gasteiger partial charge on any atom is -0.322 e. The number of benzene rings is 3. The number of rotatable bonds is 6. The molecule has 3 nitrogen and oxygen atoms in total. The van der Waals surface area contributed by atoms with E-state index in [1.807, 2.05) is 54.6 Å². The molecule has 1 amide bonds. The van der Waals surface area contributed by atoms with Gasteiger partial charge < -0.3 is 10.2 Å². The van der Waals surface area contributed by atoms with Gasteiger partial charge in [-0.15, -0.1) is 0 Å². The van der Waals surface area contributed by atoms with Gasteiger partial charge in [-0.25, -0.2) is 0 Å². The molecule has 3 heteroatoms. The van der Waals surface area contributed by atoms with Gasteiger partial charge in [0.1, 0.15) is 0 Å². The molecule has 26 heavy (non-hydrogen) atoms. The Morgan fingerprint density at radius 3 is 2.04 bits per heavy atom. The van der Waals surface area contributed by atoms with Gasteiger partial charge >= 0.3 is 0 Å². The molecule has 0 aliphatic carbocycles. The lowest BCUT2D eigenvalue weighted by molar-refractivity contribution is 0.102. The second-order valence-corrected chi connectivity index (χ2v) is 6.65. The van der Waals surface area contributed by atoms with Gasteiger partial charge in [-0.2, -0.15) is 0 Å². The van der Waals surface area contributed by atoms with Crippen LogP contribution >= 0.6 is 0 Å². The minimum absolute atomic E-state index is 0.0920. The fourth-order valence-electron chi connectivity index (χ4n) is 2.76. The van der Waals surface area contributed by atoms with Crippen LogP contribution in [0.25, 0.3) is 11.1 Å². The monoisotopic (exact) mass is 344 g/mol.